The highest BCUT2D eigenvalue weighted by atomic mass is 79.9. The number of pyridine rings is 1. The Morgan fingerprint density at radius 1 is 0.846 bits per heavy atom. The summed E-state index contributed by atoms with van der Waals surface area (Å²) in [4.78, 5) is 24.8. The van der Waals surface area contributed by atoms with Crippen molar-refractivity contribution in [2.24, 2.45) is 0 Å². The van der Waals surface area contributed by atoms with Gasteiger partial charge in [0.15, 0.2) is 18.2 Å². The normalized spacial score (nSPS) is 9.88. The predicted molar refractivity (Wildman–Crippen MR) is 104 cm³/mol. The van der Waals surface area contributed by atoms with E-state index in [1.807, 2.05) is 18.2 Å². The first-order chi connectivity index (χ1) is 12.2. The van der Waals surface area contributed by atoms with Gasteiger partial charge in [0.05, 0.1) is 7.11 Å². The molecule has 2 aromatic carbocycles. The molecule has 3 aromatic rings. The smallest absolute Gasteiger partial charge is 0.227 e. The maximum Gasteiger partial charge on any atom is 0.227 e. The highest BCUT2D eigenvalue weighted by Gasteiger charge is 2.15. The maximum atomic E-state index is 12.4. The van der Waals surface area contributed by atoms with Crippen molar-refractivity contribution in [1.82, 2.24) is 0 Å². The molecule has 132 valence electrons. The summed E-state index contributed by atoms with van der Waals surface area (Å²) in [5, 5.41) is 0. The first kappa shape index (κ1) is 19.5. The van der Waals surface area contributed by atoms with Crippen LogP contribution < -0.4 is 9.30 Å². The number of carbonyl (C=O) groups excluding carboxylic acids is 2. The second-order valence-corrected chi connectivity index (χ2v) is 5.61. The van der Waals surface area contributed by atoms with Crippen molar-refractivity contribution in [3.05, 3.63) is 95.8 Å². The predicted octanol–water partition coefficient (Wildman–Crippen LogP) is 3.67. The van der Waals surface area contributed by atoms with Gasteiger partial charge in [0.2, 0.25) is 12.3 Å². The summed E-state index contributed by atoms with van der Waals surface area (Å²) in [6.45, 7) is 0.201. The fourth-order valence-electron chi connectivity index (χ4n) is 2.52. The van der Waals surface area contributed by atoms with Crippen molar-refractivity contribution in [2.45, 2.75) is 6.54 Å². The molecule has 0 aliphatic heterocycles. The van der Waals surface area contributed by atoms with Crippen LogP contribution in [-0.4, -0.2) is 18.7 Å². The van der Waals surface area contributed by atoms with Gasteiger partial charge in [-0.25, -0.2) is 0 Å². The van der Waals surface area contributed by atoms with Gasteiger partial charge < -0.3 is 4.74 Å². The third-order valence-electron chi connectivity index (χ3n) is 3.91. The molecule has 4 nitrogen and oxygen atoms in total. The van der Waals surface area contributed by atoms with Crippen LogP contribution in [0, 0.1) is 0 Å². The number of halogens is 1. The lowest BCUT2D eigenvalue weighted by Crippen LogP contribution is -2.37. The number of hydrogen-bond acceptors (Lipinski definition) is 3. The molecule has 0 amide bonds. The maximum absolute atomic E-state index is 12.4. The lowest BCUT2D eigenvalue weighted by molar-refractivity contribution is -0.683. The van der Waals surface area contributed by atoms with Crippen molar-refractivity contribution in [3.63, 3.8) is 0 Å². The van der Waals surface area contributed by atoms with Crippen LogP contribution in [0.3, 0.4) is 0 Å². The second kappa shape index (κ2) is 9.06. The van der Waals surface area contributed by atoms with E-state index in [9.17, 15) is 9.59 Å². The molecule has 1 heterocycles. The zero-order valence-corrected chi connectivity index (χ0v) is 16.0. The van der Waals surface area contributed by atoms with Gasteiger partial charge in [-0.2, -0.15) is 4.57 Å². The number of ketones is 2. The van der Waals surface area contributed by atoms with E-state index in [0.717, 1.165) is 0 Å². The van der Waals surface area contributed by atoms with Crippen LogP contribution in [0.15, 0.2) is 79.1 Å². The summed E-state index contributed by atoms with van der Waals surface area (Å²) in [5.74, 6) is 0.595. The number of carbonyl (C=O) groups is 2. The molecule has 0 N–H and O–H groups in total. The van der Waals surface area contributed by atoms with Gasteiger partial charge in [-0.15, -0.1) is 17.0 Å². The van der Waals surface area contributed by atoms with Gasteiger partial charge in [0.25, 0.3) is 0 Å². The van der Waals surface area contributed by atoms with Gasteiger partial charge in [-0.1, -0.05) is 42.5 Å². The lowest BCUT2D eigenvalue weighted by Gasteiger charge is -2.03. The average Bonchev–Trinajstić information content (AvgIpc) is 2.68. The third kappa shape index (κ3) is 4.64. The van der Waals surface area contributed by atoms with E-state index in [-0.39, 0.29) is 35.1 Å². The van der Waals surface area contributed by atoms with Crippen LogP contribution in [0.25, 0.3) is 0 Å². The standard InChI is InChI=1S/C21H18NO3.BrH/c1-25-19-9-5-8-18(14-19)20(23)15-22-12-10-17(11-13-22)21(24)16-6-3-2-4-7-16;/h2-14H,15H2,1H3;1H/q+1;. The lowest BCUT2D eigenvalue weighted by atomic mass is 10.0. The summed E-state index contributed by atoms with van der Waals surface area (Å²) in [6.07, 6.45) is 3.49. The molecule has 1 aromatic heterocycles. The number of hydrogen-bond donors (Lipinski definition) is 0. The van der Waals surface area contributed by atoms with E-state index >= 15 is 0 Å². The van der Waals surface area contributed by atoms with E-state index in [2.05, 4.69) is 0 Å². The van der Waals surface area contributed by atoms with E-state index in [1.165, 1.54) is 0 Å². The van der Waals surface area contributed by atoms with E-state index in [0.29, 0.717) is 22.4 Å². The van der Waals surface area contributed by atoms with Crippen molar-refractivity contribution in [2.75, 3.05) is 7.11 Å². The third-order valence-corrected chi connectivity index (χ3v) is 3.91. The second-order valence-electron chi connectivity index (χ2n) is 5.61. The van der Waals surface area contributed by atoms with Gasteiger partial charge in [-0.05, 0) is 12.1 Å². The SMILES string of the molecule is Br.COc1cccc(C(=O)C[n+]2ccc(C(=O)c3ccccc3)cc2)c1. The van der Waals surface area contributed by atoms with Gasteiger partial charge in [0, 0.05) is 28.8 Å². The molecule has 0 atom stereocenters. The number of aromatic nitrogens is 1. The summed E-state index contributed by atoms with van der Waals surface area (Å²) < 4.78 is 6.90. The molecule has 5 heteroatoms. The molecular weight excluding hydrogens is 394 g/mol. The molecule has 0 radical (unpaired) electrons. The van der Waals surface area contributed by atoms with Gasteiger partial charge in [0.1, 0.15) is 5.75 Å². The quantitative estimate of drug-likeness (QED) is 0.458. The Bertz CT molecular complexity index is 893. The molecule has 0 saturated heterocycles. The summed E-state index contributed by atoms with van der Waals surface area (Å²) in [6, 6.07) is 19.7. The molecular formula is C21H19BrNO3+. The monoisotopic (exact) mass is 412 g/mol. The molecule has 0 saturated carbocycles. The molecule has 3 rings (SSSR count). The minimum atomic E-state index is -0.0353. The largest absolute Gasteiger partial charge is 0.497 e. The Kier molecular flexibility index (Phi) is 6.81. The fourth-order valence-corrected chi connectivity index (χ4v) is 2.52. The molecule has 0 unspecified atom stereocenters. The number of Topliss-reactive ketones (excluding diaryl/α,β-unsaturated/α-hetero) is 1. The molecule has 0 aliphatic carbocycles. The average molecular weight is 413 g/mol. The number of methoxy groups -OCH3 is 1. The van der Waals surface area contributed by atoms with Crippen LogP contribution in [0.5, 0.6) is 5.75 Å². The highest BCUT2D eigenvalue weighted by molar-refractivity contribution is 8.93. The van der Waals surface area contributed by atoms with Crippen LogP contribution in [0.2, 0.25) is 0 Å². The number of benzene rings is 2. The first-order valence-corrected chi connectivity index (χ1v) is 7.93. The Hall–Kier alpha value is -2.79. The van der Waals surface area contributed by atoms with Crippen LogP contribution in [0.4, 0.5) is 0 Å². The van der Waals surface area contributed by atoms with E-state index in [1.54, 1.807) is 72.6 Å². The zero-order valence-electron chi connectivity index (χ0n) is 14.3. The Morgan fingerprint density at radius 2 is 1.46 bits per heavy atom. The zero-order chi connectivity index (χ0) is 17.6. The minimum Gasteiger partial charge on any atom is -0.497 e. The number of ether oxygens (including phenoxy) is 1. The molecule has 26 heavy (non-hydrogen) atoms. The van der Waals surface area contributed by atoms with Crippen molar-refractivity contribution < 1.29 is 18.9 Å². The van der Waals surface area contributed by atoms with Crippen LogP contribution >= 0.6 is 17.0 Å². The topological polar surface area (TPSA) is 47.2 Å². The Morgan fingerprint density at radius 3 is 2.12 bits per heavy atom. The van der Waals surface area contributed by atoms with Crippen LogP contribution in [-0.2, 0) is 6.54 Å². The molecule has 0 spiro atoms. The molecule has 0 bridgehead atoms. The van der Waals surface area contributed by atoms with Crippen molar-refractivity contribution in [3.8, 4) is 5.75 Å². The summed E-state index contributed by atoms with van der Waals surface area (Å²) in [7, 11) is 1.57. The first-order valence-electron chi connectivity index (χ1n) is 7.93. The Balaban J connectivity index is 0.00000243. The molecule has 0 aliphatic rings. The Labute approximate surface area is 162 Å². The summed E-state index contributed by atoms with van der Waals surface area (Å²) >= 11 is 0. The fraction of sp³-hybridized carbons (Fsp3) is 0.0952. The van der Waals surface area contributed by atoms with E-state index in [4.69, 9.17) is 4.74 Å². The van der Waals surface area contributed by atoms with Crippen molar-refractivity contribution >= 4 is 28.5 Å². The van der Waals surface area contributed by atoms with Crippen molar-refractivity contribution in [1.29, 1.82) is 0 Å². The van der Waals surface area contributed by atoms with E-state index < -0.39 is 0 Å². The summed E-state index contributed by atoms with van der Waals surface area (Å²) in [5.41, 5.74) is 1.83. The van der Waals surface area contributed by atoms with Crippen LogP contribution in [0.1, 0.15) is 26.3 Å². The molecule has 0 fully saturated rings. The highest BCUT2D eigenvalue weighted by Crippen LogP contribution is 2.13. The number of nitrogens with zero attached hydrogens (tertiary/aromatic N) is 1. The number of rotatable bonds is 6. The minimum absolute atomic E-state index is 0. The van der Waals surface area contributed by atoms with Gasteiger partial charge in [-0.3, -0.25) is 9.59 Å². The van der Waals surface area contributed by atoms with Gasteiger partial charge >= 0.3 is 0 Å².